The highest BCUT2D eigenvalue weighted by molar-refractivity contribution is 6.31. The number of methoxy groups -OCH3 is 1. The lowest BCUT2D eigenvalue weighted by atomic mass is 9.81. The summed E-state index contributed by atoms with van der Waals surface area (Å²) in [6.07, 6.45) is 1.16. The van der Waals surface area contributed by atoms with Crippen molar-refractivity contribution in [1.29, 1.82) is 0 Å². The highest BCUT2D eigenvalue weighted by atomic mass is 35.5. The highest BCUT2D eigenvalue weighted by Crippen LogP contribution is 2.50. The number of amides is 2. The number of rotatable bonds is 8. The number of carbonyl (C=O) groups excluding carboxylic acids is 2. The first-order chi connectivity index (χ1) is 21.3. The fourth-order valence-electron chi connectivity index (χ4n) is 5.63. The van der Waals surface area contributed by atoms with Gasteiger partial charge in [0.15, 0.2) is 11.6 Å². The Morgan fingerprint density at radius 2 is 1.84 bits per heavy atom. The van der Waals surface area contributed by atoms with Gasteiger partial charge in [0, 0.05) is 28.1 Å². The van der Waals surface area contributed by atoms with E-state index >= 15 is 4.39 Å². The highest BCUT2D eigenvalue weighted by Gasteiger charge is 2.50. The molecule has 2 amide bonds. The zero-order chi connectivity index (χ0) is 32.4. The van der Waals surface area contributed by atoms with Gasteiger partial charge in [-0.2, -0.15) is 0 Å². The summed E-state index contributed by atoms with van der Waals surface area (Å²) in [6.45, 7) is 2.72. The minimum atomic E-state index is -1.81. The van der Waals surface area contributed by atoms with E-state index in [1.54, 1.807) is 19.1 Å². The molecule has 1 aliphatic carbocycles. The predicted octanol–water partition coefficient (Wildman–Crippen LogP) is 4.85. The molecule has 2 aromatic heterocycles. The van der Waals surface area contributed by atoms with Crippen molar-refractivity contribution in [3.8, 4) is 22.8 Å². The summed E-state index contributed by atoms with van der Waals surface area (Å²) in [5.74, 6) is -5.23. The van der Waals surface area contributed by atoms with Gasteiger partial charge in [0.2, 0.25) is 5.91 Å². The van der Waals surface area contributed by atoms with E-state index in [9.17, 15) is 23.5 Å². The Balaban J connectivity index is 1.42. The van der Waals surface area contributed by atoms with E-state index in [0.29, 0.717) is 52.3 Å². The number of carbonyl (C=O) groups is 2. The average molecular weight is 641 g/mol. The quantitative estimate of drug-likeness (QED) is 0.234. The molecule has 234 valence electrons. The van der Waals surface area contributed by atoms with Crippen molar-refractivity contribution in [3.05, 3.63) is 81.4 Å². The fourth-order valence-corrected chi connectivity index (χ4v) is 5.79. The molecule has 0 bridgehead atoms. The van der Waals surface area contributed by atoms with Crippen molar-refractivity contribution in [3.63, 3.8) is 0 Å². The Bertz CT molecular complexity index is 1920. The molecule has 1 saturated carbocycles. The maximum absolute atomic E-state index is 15.1. The van der Waals surface area contributed by atoms with E-state index < -0.39 is 45.8 Å². The summed E-state index contributed by atoms with van der Waals surface area (Å²) < 4.78 is 54.4. The molecule has 4 N–H and O–H groups in total. The molecule has 13 heteroatoms. The van der Waals surface area contributed by atoms with Crippen LogP contribution in [-0.2, 0) is 15.8 Å². The standard InChI is InChI=1S/C32H28ClF3N4O5/c1-14-20(33)7-15-6-16(8-24(44-3)26(15)39-14)29(41)38-12-32(43,17-4-5-17)25-10-19-28(45-13-31(19,2)30(37)42)27(40-25)18-9-22(35)23(36)11-21(18)34/h6-11,17,43H,4-5,12-13H2,1-3H3,(H2,37,42)(H,38,41)/t31-,32?/m0/s1. The van der Waals surface area contributed by atoms with Gasteiger partial charge in [0.05, 0.1) is 30.1 Å². The number of aromatic nitrogens is 2. The lowest BCUT2D eigenvalue weighted by Crippen LogP contribution is -2.44. The van der Waals surface area contributed by atoms with Crippen LogP contribution >= 0.6 is 11.6 Å². The number of hydrogen-bond acceptors (Lipinski definition) is 7. The average Bonchev–Trinajstić information content (AvgIpc) is 3.81. The summed E-state index contributed by atoms with van der Waals surface area (Å²) in [4.78, 5) is 35.0. The molecule has 1 fully saturated rings. The van der Waals surface area contributed by atoms with Gasteiger partial charge in [-0.15, -0.1) is 0 Å². The van der Waals surface area contributed by atoms with Gasteiger partial charge < -0.3 is 25.6 Å². The van der Waals surface area contributed by atoms with Gasteiger partial charge in [-0.05, 0) is 62.9 Å². The number of nitrogens with one attached hydrogen (secondary N) is 1. The molecule has 2 atom stereocenters. The van der Waals surface area contributed by atoms with Gasteiger partial charge >= 0.3 is 0 Å². The zero-order valence-corrected chi connectivity index (χ0v) is 25.2. The molecule has 2 aromatic carbocycles. The molecule has 45 heavy (non-hydrogen) atoms. The maximum Gasteiger partial charge on any atom is 0.251 e. The topological polar surface area (TPSA) is 137 Å². The first kappa shape index (κ1) is 30.6. The normalized spacial score (nSPS) is 18.7. The molecule has 4 aromatic rings. The summed E-state index contributed by atoms with van der Waals surface area (Å²) in [5.41, 5.74) is 3.32. The first-order valence-electron chi connectivity index (χ1n) is 14.1. The molecule has 0 spiro atoms. The van der Waals surface area contributed by atoms with Gasteiger partial charge in [0.25, 0.3) is 5.91 Å². The third-order valence-electron chi connectivity index (χ3n) is 8.59. The number of benzene rings is 2. The largest absolute Gasteiger partial charge is 0.494 e. The SMILES string of the molecule is COc1cc(C(=O)NCC(O)(c2cc3c(c(-c4cc(F)c(F)cc4F)n2)OC[C@]3(C)C(N)=O)C2CC2)cc2cc(Cl)c(C)nc12. The molecule has 1 aliphatic heterocycles. The Hall–Kier alpha value is -4.42. The van der Waals surface area contributed by atoms with Crippen molar-refractivity contribution in [2.75, 3.05) is 20.3 Å². The van der Waals surface area contributed by atoms with Crippen molar-refractivity contribution >= 4 is 34.3 Å². The first-order valence-corrected chi connectivity index (χ1v) is 14.4. The lowest BCUT2D eigenvalue weighted by Gasteiger charge is -2.30. The van der Waals surface area contributed by atoms with Crippen LogP contribution in [0.4, 0.5) is 13.2 Å². The van der Waals surface area contributed by atoms with Crippen LogP contribution in [-0.4, -0.2) is 47.2 Å². The fraction of sp³-hybridized carbons (Fsp3) is 0.312. The third kappa shape index (κ3) is 5.11. The number of nitrogens with two attached hydrogens (primary N) is 1. The summed E-state index contributed by atoms with van der Waals surface area (Å²) in [6, 6.07) is 7.23. The van der Waals surface area contributed by atoms with E-state index in [2.05, 4.69) is 15.3 Å². The molecule has 6 rings (SSSR count). The van der Waals surface area contributed by atoms with Gasteiger partial charge in [-0.1, -0.05) is 11.6 Å². The van der Waals surface area contributed by atoms with E-state index in [4.69, 9.17) is 26.8 Å². The van der Waals surface area contributed by atoms with Crippen LogP contribution in [0.5, 0.6) is 11.5 Å². The number of pyridine rings is 2. The number of primary amides is 1. The smallest absolute Gasteiger partial charge is 0.251 e. The van der Waals surface area contributed by atoms with Crippen LogP contribution in [0.25, 0.3) is 22.2 Å². The molecule has 3 heterocycles. The second-order valence-corrected chi connectivity index (χ2v) is 12.1. The molecular formula is C32H28ClF3N4O5. The van der Waals surface area contributed by atoms with Crippen LogP contribution in [0.3, 0.4) is 0 Å². The molecule has 2 aliphatic rings. The molecule has 0 saturated heterocycles. The lowest BCUT2D eigenvalue weighted by molar-refractivity contribution is -0.123. The number of halogens is 4. The number of aryl methyl sites for hydroxylation is 1. The van der Waals surface area contributed by atoms with Crippen LogP contribution < -0.4 is 20.5 Å². The van der Waals surface area contributed by atoms with Crippen LogP contribution in [0.15, 0.2) is 36.4 Å². The minimum Gasteiger partial charge on any atom is -0.494 e. The summed E-state index contributed by atoms with van der Waals surface area (Å²) >= 11 is 6.26. The second-order valence-electron chi connectivity index (χ2n) is 11.7. The third-order valence-corrected chi connectivity index (χ3v) is 8.97. The summed E-state index contributed by atoms with van der Waals surface area (Å²) in [5, 5.41) is 15.9. The predicted molar refractivity (Wildman–Crippen MR) is 159 cm³/mol. The second kappa shape index (κ2) is 10.9. The number of nitrogens with zero attached hydrogens (tertiary/aromatic N) is 2. The van der Waals surface area contributed by atoms with Crippen molar-refractivity contribution in [2.24, 2.45) is 11.7 Å². The van der Waals surface area contributed by atoms with E-state index in [1.165, 1.54) is 26.2 Å². The van der Waals surface area contributed by atoms with E-state index in [-0.39, 0.29) is 47.3 Å². The van der Waals surface area contributed by atoms with E-state index in [1.807, 2.05) is 0 Å². The van der Waals surface area contributed by atoms with Crippen LogP contribution in [0, 0.1) is 30.3 Å². The zero-order valence-electron chi connectivity index (χ0n) is 24.4. The van der Waals surface area contributed by atoms with Gasteiger partial charge in [-0.3, -0.25) is 9.59 Å². The van der Waals surface area contributed by atoms with Crippen molar-refractivity contribution < 1.29 is 37.3 Å². The van der Waals surface area contributed by atoms with Crippen molar-refractivity contribution in [1.82, 2.24) is 15.3 Å². The minimum absolute atomic E-state index is 0.0243. The van der Waals surface area contributed by atoms with Gasteiger partial charge in [-0.25, -0.2) is 23.1 Å². The van der Waals surface area contributed by atoms with Crippen molar-refractivity contribution in [2.45, 2.75) is 37.7 Å². The summed E-state index contributed by atoms with van der Waals surface area (Å²) in [7, 11) is 1.45. The number of fused-ring (bicyclic) bond motifs is 2. The van der Waals surface area contributed by atoms with Crippen LogP contribution in [0.1, 0.15) is 47.1 Å². The number of ether oxygens (including phenoxy) is 2. The Morgan fingerprint density at radius 1 is 1.13 bits per heavy atom. The molecule has 9 nitrogen and oxygen atoms in total. The number of aliphatic hydroxyl groups is 1. The molecule has 1 unspecified atom stereocenters. The van der Waals surface area contributed by atoms with Gasteiger partial charge in [0.1, 0.15) is 46.1 Å². The maximum atomic E-state index is 15.1. The molecular weight excluding hydrogens is 613 g/mol. The Labute approximate surface area is 260 Å². The Kier molecular flexibility index (Phi) is 7.40. The van der Waals surface area contributed by atoms with E-state index in [0.717, 1.165) is 0 Å². The van der Waals surface area contributed by atoms with Crippen LogP contribution in [0.2, 0.25) is 5.02 Å². The Morgan fingerprint density at radius 3 is 2.51 bits per heavy atom. The monoisotopic (exact) mass is 640 g/mol. The molecule has 0 radical (unpaired) electrons. The number of hydrogen-bond donors (Lipinski definition) is 3.